The first-order valence-corrected chi connectivity index (χ1v) is 16.6. The molecule has 17 heteroatoms. The number of carbonyl (C=O) groups excluding carboxylic acids is 9. The minimum atomic E-state index is -1.58. The van der Waals surface area contributed by atoms with Gasteiger partial charge in [0.2, 0.25) is 23.5 Å². The van der Waals surface area contributed by atoms with Gasteiger partial charge in [-0.05, 0) is 46.5 Å². The molecule has 0 radical (unpaired) electrons. The maximum Gasteiger partial charge on any atom is 0.328 e. The van der Waals surface area contributed by atoms with E-state index in [1.54, 1.807) is 48.5 Å². The van der Waals surface area contributed by atoms with Gasteiger partial charge in [-0.2, -0.15) is 0 Å². The fraction of sp³-hybridized carbons (Fsp3) is 0.667. The number of amides is 7. The Kier molecular flexibility index (Phi) is 17.3. The van der Waals surface area contributed by atoms with Crippen molar-refractivity contribution in [3.8, 4) is 0 Å². The summed E-state index contributed by atoms with van der Waals surface area (Å²) in [4.78, 5) is 118. The molecule has 0 spiro atoms. The SMILES string of the molecule is C=CCNC(=O)C(=O)C(CCC)NC(=O)C1CN(CC(=O)OCC)C(=O)N1C(=O)C(NC(=O)C(CCC(=O)OC(C)(C)C)NC(C)=O)C(C)C. The van der Waals surface area contributed by atoms with Crippen molar-refractivity contribution < 1.29 is 52.6 Å². The molecule has 4 unspecified atom stereocenters. The van der Waals surface area contributed by atoms with Crippen LogP contribution in [0.3, 0.4) is 0 Å². The predicted molar refractivity (Wildman–Crippen MR) is 179 cm³/mol. The highest BCUT2D eigenvalue weighted by Crippen LogP contribution is 2.21. The topological polar surface area (TPSA) is 227 Å². The average molecular weight is 709 g/mol. The second-order valence-corrected chi connectivity index (χ2v) is 13.0. The van der Waals surface area contributed by atoms with Crippen molar-refractivity contribution in [3.63, 3.8) is 0 Å². The van der Waals surface area contributed by atoms with Gasteiger partial charge in [-0.3, -0.25) is 38.4 Å². The third kappa shape index (κ3) is 13.6. The van der Waals surface area contributed by atoms with Crippen LogP contribution in [0.25, 0.3) is 0 Å². The predicted octanol–water partition coefficient (Wildman–Crippen LogP) is 0.106. The summed E-state index contributed by atoms with van der Waals surface area (Å²) in [6.07, 6.45) is 1.40. The number of hydrogen-bond acceptors (Lipinski definition) is 11. The van der Waals surface area contributed by atoms with Gasteiger partial charge < -0.3 is 35.6 Å². The number of imide groups is 1. The van der Waals surface area contributed by atoms with Gasteiger partial charge in [0.1, 0.15) is 30.3 Å². The van der Waals surface area contributed by atoms with E-state index in [1.807, 2.05) is 0 Å². The Bertz CT molecular complexity index is 1310. The van der Waals surface area contributed by atoms with Crippen LogP contribution < -0.4 is 21.3 Å². The van der Waals surface area contributed by atoms with Crippen LogP contribution in [0.2, 0.25) is 0 Å². The van der Waals surface area contributed by atoms with Gasteiger partial charge >= 0.3 is 18.0 Å². The van der Waals surface area contributed by atoms with Crippen LogP contribution in [0.15, 0.2) is 12.7 Å². The number of Topliss-reactive ketones (excluding diaryl/α,β-unsaturated/α-hetero) is 1. The van der Waals surface area contributed by atoms with Crippen LogP contribution in [0.5, 0.6) is 0 Å². The third-order valence-corrected chi connectivity index (χ3v) is 7.17. The van der Waals surface area contributed by atoms with Crippen molar-refractivity contribution in [3.05, 3.63) is 12.7 Å². The van der Waals surface area contributed by atoms with Crippen LogP contribution in [-0.2, 0) is 47.8 Å². The molecule has 17 nitrogen and oxygen atoms in total. The minimum Gasteiger partial charge on any atom is -0.465 e. The van der Waals surface area contributed by atoms with Crippen molar-refractivity contribution in [1.29, 1.82) is 0 Å². The summed E-state index contributed by atoms with van der Waals surface area (Å²) < 4.78 is 10.2. The normalized spacial score (nSPS) is 16.1. The number of ketones is 1. The van der Waals surface area contributed by atoms with E-state index >= 15 is 0 Å². The number of rotatable bonds is 19. The highest BCUT2D eigenvalue weighted by molar-refractivity contribution is 6.38. The lowest BCUT2D eigenvalue weighted by Crippen LogP contribution is -2.60. The van der Waals surface area contributed by atoms with Crippen LogP contribution in [0.1, 0.15) is 81.1 Å². The van der Waals surface area contributed by atoms with E-state index in [1.165, 1.54) is 13.0 Å². The molecule has 0 aromatic heterocycles. The van der Waals surface area contributed by atoms with Gasteiger partial charge in [0, 0.05) is 19.9 Å². The van der Waals surface area contributed by atoms with Crippen molar-refractivity contribution in [2.45, 2.75) is 111 Å². The van der Waals surface area contributed by atoms with Gasteiger partial charge in [0.25, 0.3) is 11.8 Å². The highest BCUT2D eigenvalue weighted by Gasteiger charge is 2.49. The van der Waals surface area contributed by atoms with Crippen LogP contribution >= 0.6 is 0 Å². The third-order valence-electron chi connectivity index (χ3n) is 7.17. The van der Waals surface area contributed by atoms with Crippen LogP contribution in [0.4, 0.5) is 4.79 Å². The Morgan fingerprint density at radius 3 is 2.12 bits per heavy atom. The zero-order valence-corrected chi connectivity index (χ0v) is 30.2. The van der Waals surface area contributed by atoms with Crippen LogP contribution in [0, 0.1) is 5.92 Å². The fourth-order valence-electron chi connectivity index (χ4n) is 4.92. The van der Waals surface area contributed by atoms with E-state index in [2.05, 4.69) is 27.8 Å². The van der Waals surface area contributed by atoms with E-state index in [-0.39, 0.29) is 32.4 Å². The average Bonchev–Trinajstić information content (AvgIpc) is 3.33. The Hall–Kier alpha value is -4.83. The first kappa shape index (κ1) is 43.2. The number of hydrogen-bond donors (Lipinski definition) is 4. The number of nitrogens with one attached hydrogen (secondary N) is 4. The maximum atomic E-state index is 14.1. The van der Waals surface area contributed by atoms with Crippen molar-refractivity contribution in [2.75, 3.05) is 26.2 Å². The molecule has 4 N–H and O–H groups in total. The smallest absolute Gasteiger partial charge is 0.328 e. The summed E-state index contributed by atoms with van der Waals surface area (Å²) in [7, 11) is 0. The van der Waals surface area contributed by atoms with Crippen molar-refractivity contribution >= 4 is 53.3 Å². The fourth-order valence-corrected chi connectivity index (χ4v) is 4.92. The summed E-state index contributed by atoms with van der Waals surface area (Å²) >= 11 is 0. The van der Waals surface area contributed by atoms with Gasteiger partial charge in [-0.25, -0.2) is 9.69 Å². The molecular formula is C33H52N6O11. The van der Waals surface area contributed by atoms with Gasteiger partial charge in [0.05, 0.1) is 19.2 Å². The molecule has 1 aliphatic heterocycles. The zero-order valence-electron chi connectivity index (χ0n) is 30.2. The van der Waals surface area contributed by atoms with E-state index in [4.69, 9.17) is 9.47 Å². The Morgan fingerprint density at radius 1 is 0.960 bits per heavy atom. The molecule has 0 aliphatic carbocycles. The lowest BCUT2D eigenvalue weighted by Gasteiger charge is -2.30. The Balaban J connectivity index is 3.42. The summed E-state index contributed by atoms with van der Waals surface area (Å²) in [6.45, 7) is 15.0. The number of ether oxygens (including phenoxy) is 2. The first-order valence-electron chi connectivity index (χ1n) is 16.6. The molecule has 7 amide bonds. The molecule has 1 saturated heterocycles. The van der Waals surface area contributed by atoms with E-state index in [0.717, 1.165) is 4.90 Å². The van der Waals surface area contributed by atoms with Crippen molar-refractivity contribution in [2.24, 2.45) is 5.92 Å². The zero-order chi connectivity index (χ0) is 38.3. The molecule has 1 fully saturated rings. The molecule has 0 bridgehead atoms. The summed E-state index contributed by atoms with van der Waals surface area (Å²) in [6, 6.07) is -6.61. The number of urea groups is 1. The molecule has 1 aliphatic rings. The van der Waals surface area contributed by atoms with E-state index < -0.39 is 102 Å². The monoisotopic (exact) mass is 708 g/mol. The first-order chi connectivity index (χ1) is 23.3. The largest absolute Gasteiger partial charge is 0.465 e. The molecule has 1 heterocycles. The summed E-state index contributed by atoms with van der Waals surface area (Å²) in [5.41, 5.74) is -0.786. The Morgan fingerprint density at radius 2 is 1.60 bits per heavy atom. The molecule has 0 aromatic rings. The standard InChI is InChI=1S/C33H52N6O11/c1-10-13-21(27(43)30(46)34-16-11-2)36-29(45)23-17-38(18-25(42)49-12-3)32(48)39(23)31(47)26(19(4)5)37-28(44)22(35-20(6)40)14-15-24(41)50-33(7,8)9/h11,19,21-23,26H,2,10,12-18H2,1,3-9H3,(H,34,46)(H,35,40)(H,36,45)(H,37,44). The molecule has 50 heavy (non-hydrogen) atoms. The molecule has 0 saturated carbocycles. The quantitative estimate of drug-likeness (QED) is 0.0800. The van der Waals surface area contributed by atoms with E-state index in [9.17, 15) is 43.2 Å². The van der Waals surface area contributed by atoms with E-state index in [0.29, 0.717) is 11.3 Å². The summed E-state index contributed by atoms with van der Waals surface area (Å²) in [5, 5.41) is 9.81. The van der Waals surface area contributed by atoms with Gasteiger partial charge in [-0.15, -0.1) is 6.58 Å². The second kappa shape index (κ2) is 20.0. The number of esters is 2. The number of carbonyl (C=O) groups is 9. The lowest BCUT2D eigenvalue weighted by atomic mass is 10.0. The van der Waals surface area contributed by atoms with Crippen LogP contribution in [-0.4, -0.2) is 119 Å². The number of nitrogens with zero attached hydrogens (tertiary/aromatic N) is 2. The molecule has 4 atom stereocenters. The second-order valence-electron chi connectivity index (χ2n) is 13.0. The Labute approximate surface area is 292 Å². The van der Waals surface area contributed by atoms with Gasteiger partial charge in [0.15, 0.2) is 0 Å². The molecule has 1 rings (SSSR count). The maximum absolute atomic E-state index is 14.1. The molecular weight excluding hydrogens is 656 g/mol. The highest BCUT2D eigenvalue weighted by atomic mass is 16.6. The molecule has 280 valence electrons. The van der Waals surface area contributed by atoms with Gasteiger partial charge in [-0.1, -0.05) is 33.3 Å². The minimum absolute atomic E-state index is 0.00565. The molecule has 0 aromatic carbocycles. The van der Waals surface area contributed by atoms with Crippen molar-refractivity contribution in [1.82, 2.24) is 31.1 Å². The summed E-state index contributed by atoms with van der Waals surface area (Å²) in [5.74, 6) is -7.40. The lowest BCUT2D eigenvalue weighted by molar-refractivity contribution is -0.155.